The first-order chi connectivity index (χ1) is 10.1. The average Bonchev–Trinajstić information content (AvgIpc) is 3.03. The summed E-state index contributed by atoms with van der Waals surface area (Å²) in [6.45, 7) is 5.35. The second-order valence-corrected chi connectivity index (χ2v) is 5.89. The fraction of sp³-hybridized carbons (Fsp3) is 0.500. The SMILES string of the molecule is CC(Cc1ccc(O)cc1)NC(C)c1nnc2n1CCC2. The van der Waals surface area contributed by atoms with Crippen LogP contribution in [-0.2, 0) is 19.4 Å². The number of aromatic nitrogens is 3. The van der Waals surface area contributed by atoms with Gasteiger partial charge in [-0.1, -0.05) is 12.1 Å². The largest absolute Gasteiger partial charge is 0.508 e. The molecule has 5 nitrogen and oxygen atoms in total. The zero-order valence-corrected chi connectivity index (χ0v) is 12.6. The monoisotopic (exact) mass is 286 g/mol. The van der Waals surface area contributed by atoms with Gasteiger partial charge in [-0.3, -0.25) is 0 Å². The van der Waals surface area contributed by atoms with Crippen LogP contribution in [0, 0.1) is 0 Å². The maximum Gasteiger partial charge on any atom is 0.149 e. The van der Waals surface area contributed by atoms with Crippen LogP contribution < -0.4 is 5.32 Å². The molecule has 2 N–H and O–H groups in total. The van der Waals surface area contributed by atoms with E-state index in [2.05, 4.69) is 33.9 Å². The molecule has 0 aliphatic carbocycles. The molecule has 112 valence electrons. The van der Waals surface area contributed by atoms with Gasteiger partial charge < -0.3 is 15.0 Å². The van der Waals surface area contributed by atoms with Crippen LogP contribution >= 0.6 is 0 Å². The number of rotatable bonds is 5. The van der Waals surface area contributed by atoms with Crippen molar-refractivity contribution in [2.45, 2.75) is 51.7 Å². The highest BCUT2D eigenvalue weighted by Crippen LogP contribution is 2.20. The van der Waals surface area contributed by atoms with Crippen molar-refractivity contribution in [2.75, 3.05) is 0 Å². The Labute approximate surface area is 125 Å². The van der Waals surface area contributed by atoms with E-state index in [1.165, 1.54) is 12.0 Å². The van der Waals surface area contributed by atoms with Crippen LogP contribution in [0.25, 0.3) is 0 Å². The number of hydrogen-bond acceptors (Lipinski definition) is 4. The summed E-state index contributed by atoms with van der Waals surface area (Å²) in [6.07, 6.45) is 3.14. The molecular weight excluding hydrogens is 264 g/mol. The Morgan fingerprint density at radius 1 is 1.24 bits per heavy atom. The standard InChI is InChI=1S/C16H22N4O/c1-11(10-13-5-7-14(21)8-6-13)17-12(2)16-19-18-15-4-3-9-20(15)16/h5-8,11-12,17,21H,3-4,9-10H2,1-2H3. The van der Waals surface area contributed by atoms with Crippen molar-refractivity contribution in [2.24, 2.45) is 0 Å². The molecule has 0 spiro atoms. The third-order valence-corrected chi connectivity index (χ3v) is 4.04. The van der Waals surface area contributed by atoms with E-state index in [1.807, 2.05) is 12.1 Å². The minimum Gasteiger partial charge on any atom is -0.508 e. The quantitative estimate of drug-likeness (QED) is 0.884. The Balaban J connectivity index is 1.61. The molecule has 1 aromatic heterocycles. The molecule has 3 rings (SSSR count). The molecule has 21 heavy (non-hydrogen) atoms. The lowest BCUT2D eigenvalue weighted by Crippen LogP contribution is -2.32. The first kappa shape index (κ1) is 14.1. The van der Waals surface area contributed by atoms with Crippen LogP contribution in [-0.4, -0.2) is 25.9 Å². The maximum absolute atomic E-state index is 9.32. The predicted octanol–water partition coefficient (Wildman–Crippen LogP) is 2.21. The molecule has 0 bridgehead atoms. The zero-order valence-electron chi connectivity index (χ0n) is 12.6. The number of phenols is 1. The van der Waals surface area contributed by atoms with Gasteiger partial charge in [0.2, 0.25) is 0 Å². The molecule has 1 aliphatic rings. The molecule has 2 aromatic rings. The average molecular weight is 286 g/mol. The molecule has 0 amide bonds. The van der Waals surface area contributed by atoms with Gasteiger partial charge in [0.15, 0.2) is 0 Å². The summed E-state index contributed by atoms with van der Waals surface area (Å²) in [7, 11) is 0. The van der Waals surface area contributed by atoms with E-state index >= 15 is 0 Å². The van der Waals surface area contributed by atoms with Crippen LogP contribution in [0.15, 0.2) is 24.3 Å². The Bertz CT molecular complexity index is 605. The van der Waals surface area contributed by atoms with Crippen LogP contribution in [0.3, 0.4) is 0 Å². The molecule has 0 radical (unpaired) electrons. The predicted molar refractivity (Wildman–Crippen MR) is 81.2 cm³/mol. The molecule has 2 heterocycles. The summed E-state index contributed by atoms with van der Waals surface area (Å²) in [5.41, 5.74) is 1.21. The highest BCUT2D eigenvalue weighted by atomic mass is 16.3. The molecule has 2 atom stereocenters. The number of aryl methyl sites for hydroxylation is 1. The van der Waals surface area contributed by atoms with E-state index in [1.54, 1.807) is 12.1 Å². The van der Waals surface area contributed by atoms with Crippen molar-refractivity contribution in [3.05, 3.63) is 41.5 Å². The van der Waals surface area contributed by atoms with Gasteiger partial charge in [0.05, 0.1) is 6.04 Å². The van der Waals surface area contributed by atoms with E-state index in [0.717, 1.165) is 31.0 Å². The number of nitrogens with one attached hydrogen (secondary N) is 1. The molecule has 0 saturated heterocycles. The van der Waals surface area contributed by atoms with E-state index in [4.69, 9.17) is 0 Å². The van der Waals surface area contributed by atoms with Crippen molar-refractivity contribution in [3.8, 4) is 5.75 Å². The fourth-order valence-electron chi connectivity index (χ4n) is 3.04. The highest BCUT2D eigenvalue weighted by molar-refractivity contribution is 5.26. The van der Waals surface area contributed by atoms with E-state index in [0.29, 0.717) is 11.8 Å². The summed E-state index contributed by atoms with van der Waals surface area (Å²) in [4.78, 5) is 0. The van der Waals surface area contributed by atoms with Gasteiger partial charge in [-0.05, 0) is 44.4 Å². The molecular formula is C16H22N4O. The van der Waals surface area contributed by atoms with Crippen LogP contribution in [0.4, 0.5) is 0 Å². The minimum atomic E-state index is 0.191. The lowest BCUT2D eigenvalue weighted by atomic mass is 10.1. The summed E-state index contributed by atoms with van der Waals surface area (Å²) < 4.78 is 2.24. The molecule has 5 heteroatoms. The maximum atomic E-state index is 9.32. The Morgan fingerprint density at radius 2 is 2.00 bits per heavy atom. The van der Waals surface area contributed by atoms with Gasteiger partial charge in [-0.25, -0.2) is 0 Å². The Morgan fingerprint density at radius 3 is 2.76 bits per heavy atom. The van der Waals surface area contributed by atoms with Gasteiger partial charge in [-0.15, -0.1) is 10.2 Å². The number of aromatic hydroxyl groups is 1. The number of benzene rings is 1. The van der Waals surface area contributed by atoms with Gasteiger partial charge in [0.25, 0.3) is 0 Å². The van der Waals surface area contributed by atoms with Crippen molar-refractivity contribution in [1.29, 1.82) is 0 Å². The van der Waals surface area contributed by atoms with Crippen molar-refractivity contribution < 1.29 is 5.11 Å². The van der Waals surface area contributed by atoms with Gasteiger partial charge in [0.1, 0.15) is 17.4 Å². The molecule has 0 saturated carbocycles. The lowest BCUT2D eigenvalue weighted by Gasteiger charge is -2.20. The van der Waals surface area contributed by atoms with E-state index in [9.17, 15) is 5.11 Å². The third kappa shape index (κ3) is 3.08. The second-order valence-electron chi connectivity index (χ2n) is 5.89. The normalized spacial score (nSPS) is 16.7. The number of hydrogen-bond donors (Lipinski definition) is 2. The van der Waals surface area contributed by atoms with Crippen LogP contribution in [0.2, 0.25) is 0 Å². The molecule has 0 fully saturated rings. The fourth-order valence-corrected chi connectivity index (χ4v) is 3.04. The summed E-state index contributed by atoms with van der Waals surface area (Å²) in [5.74, 6) is 2.47. The number of phenolic OH excluding ortho intramolecular Hbond substituents is 1. The number of fused-ring (bicyclic) bond motifs is 1. The minimum absolute atomic E-state index is 0.191. The smallest absolute Gasteiger partial charge is 0.149 e. The Hall–Kier alpha value is -1.88. The topological polar surface area (TPSA) is 63.0 Å². The van der Waals surface area contributed by atoms with E-state index in [-0.39, 0.29) is 6.04 Å². The van der Waals surface area contributed by atoms with Gasteiger partial charge >= 0.3 is 0 Å². The summed E-state index contributed by atoms with van der Waals surface area (Å²) in [5, 5.41) is 21.5. The highest BCUT2D eigenvalue weighted by Gasteiger charge is 2.22. The molecule has 2 unspecified atom stereocenters. The second kappa shape index (κ2) is 5.85. The Kier molecular flexibility index (Phi) is 3.92. The number of nitrogens with zero attached hydrogens (tertiary/aromatic N) is 3. The van der Waals surface area contributed by atoms with Crippen molar-refractivity contribution in [3.63, 3.8) is 0 Å². The summed E-state index contributed by atoms with van der Waals surface area (Å²) >= 11 is 0. The van der Waals surface area contributed by atoms with Gasteiger partial charge in [-0.2, -0.15) is 0 Å². The van der Waals surface area contributed by atoms with Crippen LogP contribution in [0.5, 0.6) is 5.75 Å². The molecule has 1 aliphatic heterocycles. The third-order valence-electron chi connectivity index (χ3n) is 4.04. The van der Waals surface area contributed by atoms with E-state index < -0.39 is 0 Å². The first-order valence-electron chi connectivity index (χ1n) is 7.59. The zero-order chi connectivity index (χ0) is 14.8. The summed E-state index contributed by atoms with van der Waals surface area (Å²) in [6, 6.07) is 7.92. The van der Waals surface area contributed by atoms with Gasteiger partial charge in [0, 0.05) is 19.0 Å². The van der Waals surface area contributed by atoms with Crippen molar-refractivity contribution >= 4 is 0 Å². The van der Waals surface area contributed by atoms with Crippen molar-refractivity contribution in [1.82, 2.24) is 20.1 Å². The first-order valence-corrected chi connectivity index (χ1v) is 7.59. The van der Waals surface area contributed by atoms with Crippen LogP contribution in [0.1, 0.15) is 43.5 Å². The lowest BCUT2D eigenvalue weighted by molar-refractivity contribution is 0.446. The molecule has 1 aromatic carbocycles.